The summed E-state index contributed by atoms with van der Waals surface area (Å²) in [5, 5.41) is 0. The van der Waals surface area contributed by atoms with Crippen molar-refractivity contribution >= 4 is 36.7 Å². The topological polar surface area (TPSA) is 4.93 Å². The van der Waals surface area contributed by atoms with E-state index in [0.29, 0.717) is 6.04 Å². The van der Waals surface area contributed by atoms with Gasteiger partial charge in [-0.15, -0.1) is 0 Å². The third-order valence-corrected chi connectivity index (χ3v) is 12.5. The maximum Gasteiger partial charge on any atom is 0.0434 e. The van der Waals surface area contributed by atoms with E-state index in [1.165, 1.54) is 0 Å². The molecule has 0 amide bonds. The average molecular weight is 227 g/mol. The van der Waals surface area contributed by atoms with Crippen molar-refractivity contribution < 1.29 is 0 Å². The monoisotopic (exact) mass is 227 g/mol. The van der Waals surface area contributed by atoms with Crippen LogP contribution in [0.25, 0.3) is 0 Å². The zero-order valence-electron chi connectivity index (χ0n) is 7.27. The van der Waals surface area contributed by atoms with Gasteiger partial charge in [0.25, 0.3) is 0 Å². The SMILES string of the molecule is CC(C)n1sssp1C(C)C. The van der Waals surface area contributed by atoms with Crippen molar-refractivity contribution in [1.82, 2.24) is 3.72 Å². The summed E-state index contributed by atoms with van der Waals surface area (Å²) in [6.07, 6.45) is 0. The van der Waals surface area contributed by atoms with Crippen molar-refractivity contribution in [2.45, 2.75) is 39.4 Å². The highest BCUT2D eigenvalue weighted by atomic mass is 33.3. The van der Waals surface area contributed by atoms with Gasteiger partial charge >= 0.3 is 0 Å². The highest BCUT2D eigenvalue weighted by Gasteiger charge is 2.08. The smallest absolute Gasteiger partial charge is 0.0434 e. The molecule has 0 bridgehead atoms. The maximum atomic E-state index is 2.55. The van der Waals surface area contributed by atoms with E-state index < -0.39 is 0 Å². The second kappa shape index (κ2) is 4.13. The van der Waals surface area contributed by atoms with Gasteiger partial charge in [-0.2, -0.15) is 0 Å². The van der Waals surface area contributed by atoms with Crippen LogP contribution in [-0.2, 0) is 0 Å². The third kappa shape index (κ3) is 2.35. The van der Waals surface area contributed by atoms with E-state index in [9.17, 15) is 0 Å². The van der Waals surface area contributed by atoms with Crippen molar-refractivity contribution in [2.24, 2.45) is 0 Å². The second-order valence-corrected chi connectivity index (χ2v) is 11.2. The number of hydrogen-bond donors (Lipinski definition) is 0. The molecule has 1 atom stereocenters. The zero-order valence-corrected chi connectivity index (χ0v) is 10.6. The molecule has 0 aliphatic heterocycles. The Morgan fingerprint density at radius 2 is 1.82 bits per heavy atom. The maximum absolute atomic E-state index is 2.55. The van der Waals surface area contributed by atoms with Crippen LogP contribution < -0.4 is 0 Å². The van der Waals surface area contributed by atoms with Gasteiger partial charge in [-0.25, -0.2) is 0 Å². The zero-order chi connectivity index (χ0) is 8.43. The predicted octanol–water partition coefficient (Wildman–Crippen LogP) is 4.95. The fourth-order valence-electron chi connectivity index (χ4n) is 0.769. The van der Waals surface area contributed by atoms with Gasteiger partial charge in [0.15, 0.2) is 0 Å². The lowest BCUT2D eigenvalue weighted by Crippen LogP contribution is -1.93. The molecule has 1 aromatic heterocycles. The van der Waals surface area contributed by atoms with E-state index in [4.69, 9.17) is 0 Å². The number of hydrogen-bond acceptors (Lipinski definition) is 3. The number of rotatable bonds is 2. The van der Waals surface area contributed by atoms with Gasteiger partial charge in [0, 0.05) is 38.5 Å². The Bertz CT molecular complexity index is 211. The summed E-state index contributed by atoms with van der Waals surface area (Å²) >= 11 is 0. The van der Waals surface area contributed by atoms with Crippen LogP contribution in [-0.4, -0.2) is 3.72 Å². The third-order valence-electron chi connectivity index (χ3n) is 1.29. The Hall–Kier alpha value is 0.760. The predicted molar refractivity (Wildman–Crippen MR) is 59.2 cm³/mol. The Kier molecular flexibility index (Phi) is 3.69. The highest BCUT2D eigenvalue weighted by molar-refractivity contribution is 8.18. The molecule has 0 fully saturated rings. The van der Waals surface area contributed by atoms with Crippen molar-refractivity contribution in [2.75, 3.05) is 0 Å². The van der Waals surface area contributed by atoms with Crippen LogP contribution in [0.15, 0.2) is 0 Å². The van der Waals surface area contributed by atoms with E-state index >= 15 is 0 Å². The van der Waals surface area contributed by atoms with E-state index in [1.54, 1.807) is 0 Å². The molecule has 0 aliphatic rings. The van der Waals surface area contributed by atoms with Crippen molar-refractivity contribution in [3.63, 3.8) is 0 Å². The van der Waals surface area contributed by atoms with Crippen LogP contribution in [0.1, 0.15) is 39.4 Å². The fraction of sp³-hybridized carbons (Fsp3) is 1.00. The van der Waals surface area contributed by atoms with E-state index in [0.717, 1.165) is 5.66 Å². The molecule has 1 unspecified atom stereocenters. The number of nitrogens with zero attached hydrogens (tertiary/aromatic N) is 1. The summed E-state index contributed by atoms with van der Waals surface area (Å²) in [5.74, 6) is 0. The van der Waals surface area contributed by atoms with Gasteiger partial charge < -0.3 is 0 Å². The Labute approximate surface area is 79.8 Å². The van der Waals surface area contributed by atoms with E-state index in [2.05, 4.69) is 41.4 Å². The minimum atomic E-state index is 0.0689. The molecule has 0 aliphatic carbocycles. The Balaban J connectivity index is 2.96. The first-order chi connectivity index (χ1) is 5.13. The molecule has 0 saturated heterocycles. The normalized spacial score (nSPS) is 13.1. The summed E-state index contributed by atoms with van der Waals surface area (Å²) in [4.78, 5) is 0. The summed E-state index contributed by atoms with van der Waals surface area (Å²) in [6.45, 7) is 9.26. The van der Waals surface area contributed by atoms with Gasteiger partial charge in [-0.3, -0.25) is 3.72 Å². The Morgan fingerprint density at radius 3 is 2.18 bits per heavy atom. The first kappa shape index (κ1) is 9.85. The van der Waals surface area contributed by atoms with E-state index in [1.807, 2.05) is 19.9 Å². The molecule has 1 rings (SSSR count). The summed E-state index contributed by atoms with van der Waals surface area (Å²) in [7, 11) is 5.92. The molecular weight excluding hydrogens is 213 g/mol. The lowest BCUT2D eigenvalue weighted by atomic mass is 10.4. The molecular formula is C6H14NPS3. The van der Waals surface area contributed by atoms with Crippen LogP contribution in [0.2, 0.25) is 0 Å². The first-order valence-electron chi connectivity index (χ1n) is 3.72. The summed E-state index contributed by atoms with van der Waals surface area (Å²) < 4.78 is 2.55. The van der Waals surface area contributed by atoms with Crippen LogP contribution >= 0.6 is 36.7 Å². The molecule has 5 heteroatoms. The van der Waals surface area contributed by atoms with Crippen LogP contribution in [0.5, 0.6) is 0 Å². The van der Waals surface area contributed by atoms with Crippen molar-refractivity contribution in [3.05, 3.63) is 0 Å². The summed E-state index contributed by atoms with van der Waals surface area (Å²) in [5.41, 5.74) is 0.819. The molecule has 0 spiro atoms. The largest absolute Gasteiger partial charge is 0.267 e. The molecule has 0 N–H and O–H groups in total. The van der Waals surface area contributed by atoms with Crippen LogP contribution in [0, 0.1) is 0 Å². The first-order valence-corrected chi connectivity index (χ1v) is 9.13. The second-order valence-electron chi connectivity index (χ2n) is 3.01. The minimum Gasteiger partial charge on any atom is -0.267 e. The number of aromatic nitrogens is 1. The molecule has 1 nitrogen and oxygen atoms in total. The molecule has 66 valence electrons. The fourth-order valence-corrected chi connectivity index (χ4v) is 14.0. The highest BCUT2D eigenvalue weighted by Crippen LogP contribution is 2.50. The quantitative estimate of drug-likeness (QED) is 0.630. The molecule has 0 radical (unpaired) electrons. The molecule has 0 aromatic carbocycles. The van der Waals surface area contributed by atoms with Crippen LogP contribution in [0.4, 0.5) is 0 Å². The van der Waals surface area contributed by atoms with Gasteiger partial charge in [0.05, 0.1) is 0 Å². The lowest BCUT2D eigenvalue weighted by Gasteiger charge is -2.11. The van der Waals surface area contributed by atoms with E-state index in [-0.39, 0.29) is 6.87 Å². The molecule has 11 heavy (non-hydrogen) atoms. The van der Waals surface area contributed by atoms with Gasteiger partial charge in [0.1, 0.15) is 0 Å². The average Bonchev–Trinajstić information content (AvgIpc) is 2.32. The minimum absolute atomic E-state index is 0.0689. The molecule has 0 saturated carbocycles. The van der Waals surface area contributed by atoms with Gasteiger partial charge in [-0.1, -0.05) is 13.8 Å². The summed E-state index contributed by atoms with van der Waals surface area (Å²) in [6, 6.07) is 0.691. The van der Waals surface area contributed by atoms with Gasteiger partial charge in [-0.05, 0) is 23.8 Å². The molecule has 1 heterocycles. The van der Waals surface area contributed by atoms with Crippen molar-refractivity contribution in [3.8, 4) is 0 Å². The molecule has 1 aromatic rings. The lowest BCUT2D eigenvalue weighted by molar-refractivity contribution is 0.690. The Morgan fingerprint density at radius 1 is 1.18 bits per heavy atom. The van der Waals surface area contributed by atoms with Crippen LogP contribution in [0.3, 0.4) is 0 Å². The van der Waals surface area contributed by atoms with Gasteiger partial charge in [0.2, 0.25) is 0 Å². The van der Waals surface area contributed by atoms with Crippen molar-refractivity contribution in [1.29, 1.82) is 0 Å². The standard InChI is InChI=1S/C6H14NPS3/c1-5(2)7-8(6(3)4)10-11-9-7/h5-6H,1-4H3.